The molecule has 0 spiro atoms. The summed E-state index contributed by atoms with van der Waals surface area (Å²) < 4.78 is 12.0. The third-order valence-corrected chi connectivity index (χ3v) is 6.64. The summed E-state index contributed by atoms with van der Waals surface area (Å²) in [5.41, 5.74) is 3.18. The van der Waals surface area contributed by atoms with Crippen LogP contribution in [0.2, 0.25) is 0 Å². The molecule has 2 aromatic rings. The number of aliphatic carboxylic acids is 1. The van der Waals surface area contributed by atoms with Crippen LogP contribution in [0.5, 0.6) is 5.75 Å². The summed E-state index contributed by atoms with van der Waals surface area (Å²) in [5, 5.41) is 10.2. The van der Waals surface area contributed by atoms with E-state index in [-0.39, 0.29) is 11.5 Å². The van der Waals surface area contributed by atoms with Crippen LogP contribution >= 0.6 is 0 Å². The van der Waals surface area contributed by atoms with Gasteiger partial charge in [-0.15, -0.1) is 0 Å². The zero-order valence-electron chi connectivity index (χ0n) is 22.8. The maximum atomic E-state index is 12.5. The Morgan fingerprint density at radius 1 is 1.22 bits per heavy atom. The van der Waals surface area contributed by atoms with Gasteiger partial charge < -0.3 is 19.5 Å². The summed E-state index contributed by atoms with van der Waals surface area (Å²) in [5.74, 6) is -0.371. The highest BCUT2D eigenvalue weighted by atomic mass is 16.5. The fraction of sp³-hybridized carbons (Fsp3) is 0.552. The van der Waals surface area contributed by atoms with E-state index in [4.69, 9.17) is 14.5 Å². The molecule has 1 fully saturated rings. The zero-order valence-corrected chi connectivity index (χ0v) is 22.8. The lowest BCUT2D eigenvalue weighted by molar-refractivity contribution is -0.160. The number of aryl methyl sites for hydroxylation is 1. The molecule has 1 aliphatic rings. The highest BCUT2D eigenvalue weighted by molar-refractivity contribution is 5.85. The van der Waals surface area contributed by atoms with E-state index in [1.165, 1.54) is 0 Å². The maximum absolute atomic E-state index is 12.5. The number of rotatable bonds is 9. The molecule has 0 saturated carbocycles. The first kappa shape index (κ1) is 27.7. The van der Waals surface area contributed by atoms with Gasteiger partial charge in [0.05, 0.1) is 23.2 Å². The van der Waals surface area contributed by atoms with Gasteiger partial charge in [-0.2, -0.15) is 0 Å². The van der Waals surface area contributed by atoms with Crippen LogP contribution in [-0.2, 0) is 9.53 Å². The Hall–Kier alpha value is -2.93. The highest BCUT2D eigenvalue weighted by Crippen LogP contribution is 2.43. The number of nitrogens with zero attached hydrogens (tertiary/aromatic N) is 3. The van der Waals surface area contributed by atoms with Crippen LogP contribution in [0.15, 0.2) is 37.2 Å². The van der Waals surface area contributed by atoms with Crippen molar-refractivity contribution in [2.24, 2.45) is 5.41 Å². The van der Waals surface area contributed by atoms with Gasteiger partial charge in [-0.1, -0.05) is 33.4 Å². The van der Waals surface area contributed by atoms with E-state index in [0.717, 1.165) is 43.6 Å². The zero-order chi connectivity index (χ0) is 26.7. The summed E-state index contributed by atoms with van der Waals surface area (Å²) >= 11 is 0. The number of carbonyl (C=O) groups is 1. The van der Waals surface area contributed by atoms with Crippen LogP contribution < -0.4 is 9.64 Å². The van der Waals surface area contributed by atoms with Crippen molar-refractivity contribution in [3.63, 3.8) is 0 Å². The van der Waals surface area contributed by atoms with E-state index in [9.17, 15) is 9.90 Å². The number of carboxylic acid groups (broad SMARTS) is 1. The Kier molecular flexibility index (Phi) is 8.44. The van der Waals surface area contributed by atoms with Gasteiger partial charge in [-0.05, 0) is 64.5 Å². The molecule has 3 heterocycles. The molecule has 0 amide bonds. The van der Waals surface area contributed by atoms with Crippen LogP contribution in [0, 0.1) is 12.3 Å². The molecule has 196 valence electrons. The van der Waals surface area contributed by atoms with E-state index < -0.39 is 17.7 Å². The fourth-order valence-electron chi connectivity index (χ4n) is 4.45. The van der Waals surface area contributed by atoms with Crippen LogP contribution in [0.4, 0.5) is 5.69 Å². The van der Waals surface area contributed by atoms with E-state index >= 15 is 0 Å². The summed E-state index contributed by atoms with van der Waals surface area (Å²) in [4.78, 5) is 24.1. The lowest BCUT2D eigenvalue weighted by atomic mass is 9.82. The lowest BCUT2D eigenvalue weighted by Gasteiger charge is -2.40. The van der Waals surface area contributed by atoms with Crippen molar-refractivity contribution in [1.82, 2.24) is 9.97 Å². The molecule has 2 atom stereocenters. The molecule has 1 unspecified atom stereocenters. The predicted octanol–water partition coefficient (Wildman–Crippen LogP) is 6.36. The molecule has 7 nitrogen and oxygen atoms in total. The average molecular weight is 496 g/mol. The van der Waals surface area contributed by atoms with Crippen molar-refractivity contribution in [3.05, 3.63) is 48.4 Å². The molecular weight excluding hydrogens is 454 g/mol. The van der Waals surface area contributed by atoms with Gasteiger partial charge in [-0.3, -0.25) is 9.97 Å². The molecule has 0 aromatic carbocycles. The number of aromatic nitrogens is 2. The highest BCUT2D eigenvalue weighted by Gasteiger charge is 2.36. The van der Waals surface area contributed by atoms with Crippen LogP contribution in [0.25, 0.3) is 11.3 Å². The largest absolute Gasteiger partial charge is 0.485 e. The van der Waals surface area contributed by atoms with E-state index in [1.54, 1.807) is 18.5 Å². The van der Waals surface area contributed by atoms with E-state index in [1.807, 2.05) is 46.8 Å². The molecule has 3 rings (SSSR count). The van der Waals surface area contributed by atoms with Gasteiger partial charge >= 0.3 is 5.97 Å². The number of hydrogen-bond acceptors (Lipinski definition) is 6. The van der Waals surface area contributed by atoms with Gasteiger partial charge in [-0.25, -0.2) is 4.79 Å². The standard InChI is InChI=1S/C29H41N3O4/c1-9-20(10-2)35-21-11-12-23(31-17-21)22-18-30-19(3)24(26(27(33)34)36-28(4,5)6)25(22)32-15-13-29(7,8)14-16-32/h9,11-12,17-18,20,26H,1,10,13-16H2,2-8H3,(H,33,34)/t20?,26-/m0/s1. The number of pyridine rings is 2. The summed E-state index contributed by atoms with van der Waals surface area (Å²) in [7, 11) is 0. The Balaban J connectivity index is 2.14. The fourth-order valence-corrected chi connectivity index (χ4v) is 4.45. The summed E-state index contributed by atoms with van der Waals surface area (Å²) in [6.07, 6.45) is 6.87. The number of anilines is 1. The van der Waals surface area contributed by atoms with Crippen LogP contribution in [0.1, 0.15) is 78.2 Å². The van der Waals surface area contributed by atoms with Gasteiger partial charge in [0, 0.05) is 36.1 Å². The van der Waals surface area contributed by atoms with Gasteiger partial charge in [0.1, 0.15) is 11.9 Å². The van der Waals surface area contributed by atoms with Gasteiger partial charge in [0.2, 0.25) is 0 Å². The predicted molar refractivity (Wildman–Crippen MR) is 144 cm³/mol. The third kappa shape index (κ3) is 6.64. The molecule has 1 N–H and O–H groups in total. The smallest absolute Gasteiger partial charge is 0.337 e. The minimum absolute atomic E-state index is 0.0802. The minimum atomic E-state index is -1.15. The molecule has 1 aliphatic heterocycles. The quantitative estimate of drug-likeness (QED) is 0.405. The second kappa shape index (κ2) is 11.0. The molecule has 2 aromatic heterocycles. The second-order valence-corrected chi connectivity index (χ2v) is 11.3. The molecule has 0 bridgehead atoms. The monoisotopic (exact) mass is 495 g/mol. The first-order valence-corrected chi connectivity index (χ1v) is 12.8. The van der Waals surface area contributed by atoms with Gasteiger partial charge in [0.25, 0.3) is 0 Å². The number of ether oxygens (including phenoxy) is 2. The minimum Gasteiger partial charge on any atom is -0.485 e. The summed E-state index contributed by atoms with van der Waals surface area (Å²) in [6, 6.07) is 3.79. The van der Waals surface area contributed by atoms with Gasteiger partial charge in [0.15, 0.2) is 6.10 Å². The van der Waals surface area contributed by atoms with E-state index in [2.05, 4.69) is 30.3 Å². The molecule has 7 heteroatoms. The van der Waals surface area contributed by atoms with Crippen molar-refractivity contribution in [2.75, 3.05) is 18.0 Å². The summed E-state index contributed by atoms with van der Waals surface area (Å²) in [6.45, 7) is 19.5. The maximum Gasteiger partial charge on any atom is 0.337 e. The van der Waals surface area contributed by atoms with Crippen molar-refractivity contribution >= 4 is 11.7 Å². The molecule has 36 heavy (non-hydrogen) atoms. The van der Waals surface area contributed by atoms with Crippen molar-refractivity contribution in [2.45, 2.75) is 85.5 Å². The number of carboxylic acids is 1. The third-order valence-electron chi connectivity index (χ3n) is 6.64. The average Bonchev–Trinajstić information content (AvgIpc) is 2.81. The molecule has 0 radical (unpaired) electrons. The van der Waals surface area contributed by atoms with Crippen LogP contribution in [-0.4, -0.2) is 45.8 Å². The SMILES string of the molecule is C=CC(CC)Oc1ccc(-c2cnc(C)c([C@H](OC(C)(C)C)C(=O)O)c2N2CCC(C)(C)CC2)nc1. The normalized spacial score (nSPS) is 17.4. The number of hydrogen-bond donors (Lipinski definition) is 1. The Bertz CT molecular complexity index is 1060. The van der Waals surface area contributed by atoms with Crippen LogP contribution in [0.3, 0.4) is 0 Å². The van der Waals surface area contributed by atoms with Crippen molar-refractivity contribution in [1.29, 1.82) is 0 Å². The molecule has 1 saturated heterocycles. The lowest BCUT2D eigenvalue weighted by Crippen LogP contribution is -2.39. The Labute approximate surface area is 215 Å². The number of piperidine rings is 1. The molecule has 0 aliphatic carbocycles. The van der Waals surface area contributed by atoms with E-state index in [0.29, 0.717) is 22.7 Å². The van der Waals surface area contributed by atoms with Crippen molar-refractivity contribution < 1.29 is 19.4 Å². The van der Waals surface area contributed by atoms with Crippen molar-refractivity contribution in [3.8, 4) is 17.0 Å². The Morgan fingerprint density at radius 3 is 2.39 bits per heavy atom. The molecular formula is C29H41N3O4. The topological polar surface area (TPSA) is 84.8 Å². The second-order valence-electron chi connectivity index (χ2n) is 11.3. The first-order valence-electron chi connectivity index (χ1n) is 12.8. The first-order chi connectivity index (χ1) is 16.8. The Morgan fingerprint density at radius 2 is 1.89 bits per heavy atom.